The Hall–Kier alpha value is -0.900. The van der Waals surface area contributed by atoms with Gasteiger partial charge in [0.15, 0.2) is 5.82 Å². The van der Waals surface area contributed by atoms with Gasteiger partial charge in [0.2, 0.25) is 5.89 Å². The minimum Gasteiger partial charge on any atom is -0.340 e. The summed E-state index contributed by atoms with van der Waals surface area (Å²) in [5, 5.41) is 7.46. The number of nitrogens with zero attached hydrogens (tertiary/aromatic N) is 2. The van der Waals surface area contributed by atoms with E-state index in [1.54, 1.807) is 0 Å². The molecule has 2 rings (SSSR count). The second-order valence-electron chi connectivity index (χ2n) is 4.83. The van der Waals surface area contributed by atoms with Crippen molar-refractivity contribution in [3.05, 3.63) is 11.7 Å². The topological polar surface area (TPSA) is 51.0 Å². The Morgan fingerprint density at radius 3 is 2.88 bits per heavy atom. The molecule has 1 aromatic rings. The lowest BCUT2D eigenvalue weighted by atomic mass is 9.97. The molecule has 2 unspecified atom stereocenters. The predicted molar refractivity (Wildman–Crippen MR) is 61.9 cm³/mol. The Morgan fingerprint density at radius 1 is 1.31 bits per heavy atom. The Balaban J connectivity index is 1.83. The largest absolute Gasteiger partial charge is 0.340 e. The zero-order chi connectivity index (χ0) is 11.4. The van der Waals surface area contributed by atoms with Crippen molar-refractivity contribution >= 4 is 0 Å². The Morgan fingerprint density at radius 2 is 2.12 bits per heavy atom. The van der Waals surface area contributed by atoms with Gasteiger partial charge in [-0.3, -0.25) is 0 Å². The van der Waals surface area contributed by atoms with Crippen molar-refractivity contribution in [1.29, 1.82) is 0 Å². The van der Waals surface area contributed by atoms with Crippen molar-refractivity contribution in [3.63, 3.8) is 0 Å². The maximum atomic E-state index is 4.95. The van der Waals surface area contributed by atoms with Crippen LogP contribution in [0, 0.1) is 12.8 Å². The van der Waals surface area contributed by atoms with Crippen LogP contribution in [0.15, 0.2) is 4.52 Å². The van der Waals surface area contributed by atoms with Crippen LogP contribution in [-0.4, -0.2) is 16.2 Å². The van der Waals surface area contributed by atoms with E-state index in [0.29, 0.717) is 11.9 Å². The van der Waals surface area contributed by atoms with Crippen LogP contribution in [0.1, 0.15) is 50.7 Å². The van der Waals surface area contributed by atoms with Crippen LogP contribution < -0.4 is 5.32 Å². The van der Waals surface area contributed by atoms with E-state index in [9.17, 15) is 0 Å². The van der Waals surface area contributed by atoms with E-state index in [4.69, 9.17) is 4.52 Å². The minimum atomic E-state index is 0.612. The highest BCUT2D eigenvalue weighted by Crippen LogP contribution is 2.23. The fourth-order valence-corrected chi connectivity index (χ4v) is 2.43. The molecular weight excluding hydrogens is 202 g/mol. The second kappa shape index (κ2) is 5.43. The van der Waals surface area contributed by atoms with Gasteiger partial charge in [-0.15, -0.1) is 0 Å². The number of aromatic nitrogens is 2. The minimum absolute atomic E-state index is 0.612. The van der Waals surface area contributed by atoms with Crippen molar-refractivity contribution in [2.45, 2.75) is 58.5 Å². The summed E-state index contributed by atoms with van der Waals surface area (Å²) in [6.07, 6.45) is 6.71. The Bertz CT molecular complexity index is 324. The fraction of sp³-hybridized carbons (Fsp3) is 0.833. The zero-order valence-corrected chi connectivity index (χ0v) is 10.2. The molecular formula is C12H21N3O. The summed E-state index contributed by atoms with van der Waals surface area (Å²) in [4.78, 5) is 4.20. The maximum absolute atomic E-state index is 4.95. The summed E-state index contributed by atoms with van der Waals surface area (Å²) in [6.45, 7) is 4.89. The highest BCUT2D eigenvalue weighted by Gasteiger charge is 2.19. The molecule has 1 aliphatic rings. The SMILES string of the molecule is Cc1nc(CNC2CCCCCC2C)no1. The third-order valence-corrected chi connectivity index (χ3v) is 3.45. The Labute approximate surface area is 96.8 Å². The number of nitrogens with one attached hydrogen (secondary N) is 1. The van der Waals surface area contributed by atoms with Gasteiger partial charge in [-0.25, -0.2) is 0 Å². The molecule has 1 saturated carbocycles. The average Bonchev–Trinajstić information content (AvgIpc) is 2.56. The third kappa shape index (κ3) is 3.04. The number of aryl methyl sites for hydroxylation is 1. The summed E-state index contributed by atoms with van der Waals surface area (Å²) in [5.74, 6) is 2.18. The van der Waals surface area contributed by atoms with E-state index in [0.717, 1.165) is 18.3 Å². The summed E-state index contributed by atoms with van der Waals surface area (Å²) in [7, 11) is 0. The van der Waals surface area contributed by atoms with Gasteiger partial charge in [0, 0.05) is 13.0 Å². The lowest BCUT2D eigenvalue weighted by molar-refractivity contribution is 0.345. The van der Waals surface area contributed by atoms with Gasteiger partial charge in [0.25, 0.3) is 0 Å². The maximum Gasteiger partial charge on any atom is 0.223 e. The van der Waals surface area contributed by atoms with E-state index < -0.39 is 0 Å². The van der Waals surface area contributed by atoms with E-state index in [2.05, 4.69) is 22.4 Å². The van der Waals surface area contributed by atoms with Gasteiger partial charge >= 0.3 is 0 Å². The molecule has 0 amide bonds. The summed E-state index contributed by atoms with van der Waals surface area (Å²) >= 11 is 0. The molecule has 0 spiro atoms. The number of hydrogen-bond acceptors (Lipinski definition) is 4. The van der Waals surface area contributed by atoms with Gasteiger partial charge in [0.05, 0.1) is 6.54 Å². The molecule has 1 fully saturated rings. The molecule has 0 radical (unpaired) electrons. The van der Waals surface area contributed by atoms with Gasteiger partial charge in [-0.2, -0.15) is 4.98 Å². The lowest BCUT2D eigenvalue weighted by Gasteiger charge is -2.21. The van der Waals surface area contributed by atoms with Gasteiger partial charge in [0.1, 0.15) is 0 Å². The van der Waals surface area contributed by atoms with Crippen molar-refractivity contribution < 1.29 is 4.52 Å². The molecule has 16 heavy (non-hydrogen) atoms. The molecule has 1 N–H and O–H groups in total. The molecule has 1 heterocycles. The molecule has 0 aromatic carbocycles. The summed E-state index contributed by atoms with van der Waals surface area (Å²) in [6, 6.07) is 0.612. The molecule has 1 aliphatic carbocycles. The molecule has 4 heteroatoms. The van der Waals surface area contributed by atoms with Crippen LogP contribution in [0.3, 0.4) is 0 Å². The van der Waals surface area contributed by atoms with Crippen LogP contribution in [0.25, 0.3) is 0 Å². The van der Waals surface area contributed by atoms with Crippen LogP contribution in [0.5, 0.6) is 0 Å². The lowest BCUT2D eigenvalue weighted by Crippen LogP contribution is -2.34. The first-order valence-electron chi connectivity index (χ1n) is 6.28. The Kier molecular flexibility index (Phi) is 3.93. The van der Waals surface area contributed by atoms with Crippen molar-refractivity contribution in [2.75, 3.05) is 0 Å². The first-order valence-corrected chi connectivity index (χ1v) is 6.28. The molecule has 90 valence electrons. The van der Waals surface area contributed by atoms with Crippen molar-refractivity contribution in [1.82, 2.24) is 15.5 Å². The van der Waals surface area contributed by atoms with Crippen LogP contribution in [0.2, 0.25) is 0 Å². The standard InChI is InChI=1S/C12H21N3O/c1-9-6-4-3-5-7-11(9)13-8-12-14-10(2)16-15-12/h9,11,13H,3-8H2,1-2H3. The quantitative estimate of drug-likeness (QED) is 0.800. The summed E-state index contributed by atoms with van der Waals surface area (Å²) < 4.78 is 4.95. The smallest absolute Gasteiger partial charge is 0.223 e. The fourth-order valence-electron chi connectivity index (χ4n) is 2.43. The van der Waals surface area contributed by atoms with Crippen LogP contribution in [0.4, 0.5) is 0 Å². The molecule has 2 atom stereocenters. The van der Waals surface area contributed by atoms with Crippen LogP contribution >= 0.6 is 0 Å². The van der Waals surface area contributed by atoms with E-state index >= 15 is 0 Å². The van der Waals surface area contributed by atoms with Crippen molar-refractivity contribution in [2.24, 2.45) is 5.92 Å². The molecule has 4 nitrogen and oxygen atoms in total. The van der Waals surface area contributed by atoms with E-state index in [-0.39, 0.29) is 0 Å². The van der Waals surface area contributed by atoms with Gasteiger partial charge in [-0.1, -0.05) is 31.3 Å². The predicted octanol–water partition coefficient (Wildman–Crippen LogP) is 2.44. The van der Waals surface area contributed by atoms with Gasteiger partial charge < -0.3 is 9.84 Å². The normalized spacial score (nSPS) is 26.6. The third-order valence-electron chi connectivity index (χ3n) is 3.45. The van der Waals surface area contributed by atoms with Crippen molar-refractivity contribution in [3.8, 4) is 0 Å². The molecule has 0 bridgehead atoms. The van der Waals surface area contributed by atoms with Crippen LogP contribution in [-0.2, 0) is 6.54 Å². The van der Waals surface area contributed by atoms with Gasteiger partial charge in [-0.05, 0) is 18.8 Å². The molecule has 0 saturated heterocycles. The first kappa shape index (κ1) is 11.6. The number of rotatable bonds is 3. The highest BCUT2D eigenvalue weighted by molar-refractivity contribution is 4.85. The number of hydrogen-bond donors (Lipinski definition) is 1. The highest BCUT2D eigenvalue weighted by atomic mass is 16.5. The van der Waals surface area contributed by atoms with E-state index in [1.165, 1.54) is 32.1 Å². The summed E-state index contributed by atoms with van der Waals surface area (Å²) in [5.41, 5.74) is 0. The zero-order valence-electron chi connectivity index (χ0n) is 10.2. The average molecular weight is 223 g/mol. The molecule has 1 aromatic heterocycles. The first-order chi connectivity index (χ1) is 7.75. The van der Waals surface area contributed by atoms with E-state index in [1.807, 2.05) is 6.92 Å². The monoisotopic (exact) mass is 223 g/mol. The molecule has 0 aliphatic heterocycles. The second-order valence-corrected chi connectivity index (χ2v) is 4.83.